The van der Waals surface area contributed by atoms with Gasteiger partial charge in [0.2, 0.25) is 5.91 Å². The summed E-state index contributed by atoms with van der Waals surface area (Å²) in [6.07, 6.45) is 2.21. The molecule has 1 aliphatic rings. The summed E-state index contributed by atoms with van der Waals surface area (Å²) in [6.45, 7) is 0.749. The highest BCUT2D eigenvalue weighted by Gasteiger charge is 2.34. The zero-order valence-corrected chi connectivity index (χ0v) is 10.2. The highest BCUT2D eigenvalue weighted by Crippen LogP contribution is 2.17. The number of nitrogens with zero attached hydrogens (tertiary/aromatic N) is 1. The lowest BCUT2D eigenvalue weighted by Crippen LogP contribution is -2.52. The van der Waals surface area contributed by atoms with Crippen molar-refractivity contribution in [3.05, 3.63) is 35.9 Å². The molecule has 1 heterocycles. The molecule has 1 aromatic carbocycles. The number of hydrogen-bond acceptors (Lipinski definition) is 2. The number of likely N-dealkylation sites (tertiary alicyclic amines) is 1. The van der Waals surface area contributed by atoms with Crippen LogP contribution in [0.15, 0.2) is 30.3 Å². The van der Waals surface area contributed by atoms with Crippen molar-refractivity contribution < 1.29 is 14.7 Å². The molecule has 0 atom stereocenters. The number of carbonyl (C=O) groups is 2. The van der Waals surface area contributed by atoms with E-state index >= 15 is 0 Å². The van der Waals surface area contributed by atoms with Crippen molar-refractivity contribution in [2.75, 3.05) is 13.1 Å². The van der Waals surface area contributed by atoms with Gasteiger partial charge in [0.1, 0.15) is 0 Å². The lowest BCUT2D eigenvalue weighted by atomic mass is 9.99. The van der Waals surface area contributed by atoms with Gasteiger partial charge in [0.15, 0.2) is 0 Å². The van der Waals surface area contributed by atoms with Gasteiger partial charge in [0.05, 0.1) is 5.92 Å². The fourth-order valence-corrected chi connectivity index (χ4v) is 2.08. The standard InChI is InChI=1S/C14H17NO3/c16-13(15-9-12(10-15)14(17)18)8-4-7-11-5-2-1-3-6-11/h1-3,5-6,12H,4,7-10H2,(H,17,18). The molecule has 2 rings (SSSR count). The van der Waals surface area contributed by atoms with Crippen LogP contribution in [0.1, 0.15) is 18.4 Å². The lowest BCUT2D eigenvalue weighted by Gasteiger charge is -2.36. The summed E-state index contributed by atoms with van der Waals surface area (Å²) in [5, 5.41) is 8.72. The SMILES string of the molecule is O=C(O)C1CN(C(=O)CCCc2ccccc2)C1. The predicted molar refractivity (Wildman–Crippen MR) is 67.1 cm³/mol. The van der Waals surface area contributed by atoms with E-state index in [0.717, 1.165) is 12.8 Å². The zero-order chi connectivity index (χ0) is 13.0. The molecule has 0 unspecified atom stereocenters. The van der Waals surface area contributed by atoms with E-state index in [0.29, 0.717) is 19.5 Å². The monoisotopic (exact) mass is 247 g/mol. The lowest BCUT2D eigenvalue weighted by molar-refractivity contribution is -0.152. The molecule has 1 saturated heterocycles. The molecule has 1 aliphatic heterocycles. The Kier molecular flexibility index (Phi) is 3.97. The molecule has 1 N–H and O–H groups in total. The summed E-state index contributed by atoms with van der Waals surface area (Å²) in [6, 6.07) is 10.1. The molecule has 0 aromatic heterocycles. The minimum Gasteiger partial charge on any atom is -0.481 e. The molecule has 0 saturated carbocycles. The van der Waals surface area contributed by atoms with Gasteiger partial charge in [-0.3, -0.25) is 9.59 Å². The van der Waals surface area contributed by atoms with Crippen molar-refractivity contribution >= 4 is 11.9 Å². The number of benzene rings is 1. The maximum Gasteiger partial charge on any atom is 0.310 e. The van der Waals surface area contributed by atoms with E-state index < -0.39 is 5.97 Å². The highest BCUT2D eigenvalue weighted by atomic mass is 16.4. The summed E-state index contributed by atoms with van der Waals surface area (Å²) < 4.78 is 0. The fourth-order valence-electron chi connectivity index (χ4n) is 2.08. The third-order valence-electron chi connectivity index (χ3n) is 3.28. The molecular weight excluding hydrogens is 230 g/mol. The summed E-state index contributed by atoms with van der Waals surface area (Å²) in [5.74, 6) is -1.09. The maximum absolute atomic E-state index is 11.7. The van der Waals surface area contributed by atoms with Crippen LogP contribution in [0.3, 0.4) is 0 Å². The molecule has 0 spiro atoms. The second-order valence-corrected chi connectivity index (χ2v) is 4.67. The van der Waals surface area contributed by atoms with E-state index in [2.05, 4.69) is 12.1 Å². The van der Waals surface area contributed by atoms with Crippen LogP contribution < -0.4 is 0 Å². The second-order valence-electron chi connectivity index (χ2n) is 4.67. The van der Waals surface area contributed by atoms with Crippen molar-refractivity contribution in [1.82, 2.24) is 4.90 Å². The van der Waals surface area contributed by atoms with Crippen molar-refractivity contribution in [2.24, 2.45) is 5.92 Å². The highest BCUT2D eigenvalue weighted by molar-refractivity contribution is 5.80. The molecule has 4 nitrogen and oxygen atoms in total. The summed E-state index contributed by atoms with van der Waals surface area (Å²) in [5.41, 5.74) is 1.23. The van der Waals surface area contributed by atoms with E-state index in [9.17, 15) is 9.59 Å². The van der Waals surface area contributed by atoms with Crippen molar-refractivity contribution in [1.29, 1.82) is 0 Å². The first-order valence-electron chi connectivity index (χ1n) is 6.21. The summed E-state index contributed by atoms with van der Waals surface area (Å²) in [4.78, 5) is 24.0. The van der Waals surface area contributed by atoms with Crippen LogP contribution in [0.5, 0.6) is 0 Å². The van der Waals surface area contributed by atoms with Crippen LogP contribution >= 0.6 is 0 Å². The number of hydrogen-bond donors (Lipinski definition) is 1. The van der Waals surface area contributed by atoms with Crippen LogP contribution in [0.2, 0.25) is 0 Å². The average molecular weight is 247 g/mol. The molecule has 1 aromatic rings. The Balaban J connectivity index is 1.66. The molecule has 18 heavy (non-hydrogen) atoms. The van der Waals surface area contributed by atoms with Crippen LogP contribution in [0.4, 0.5) is 0 Å². The van der Waals surface area contributed by atoms with Gasteiger partial charge >= 0.3 is 5.97 Å². The number of carbonyl (C=O) groups excluding carboxylic acids is 1. The van der Waals surface area contributed by atoms with Gasteiger partial charge in [0.25, 0.3) is 0 Å². The minimum atomic E-state index is -0.802. The molecule has 0 bridgehead atoms. The molecule has 1 amide bonds. The Morgan fingerprint density at radius 2 is 1.89 bits per heavy atom. The van der Waals surface area contributed by atoms with Gasteiger partial charge in [-0.05, 0) is 18.4 Å². The Morgan fingerprint density at radius 3 is 2.50 bits per heavy atom. The molecule has 0 aliphatic carbocycles. The van der Waals surface area contributed by atoms with Gasteiger partial charge in [-0.1, -0.05) is 30.3 Å². The molecule has 1 fully saturated rings. The normalized spacial score (nSPS) is 15.2. The van der Waals surface area contributed by atoms with Crippen LogP contribution in [0.25, 0.3) is 0 Å². The third kappa shape index (κ3) is 3.09. The van der Waals surface area contributed by atoms with Gasteiger partial charge in [0, 0.05) is 19.5 Å². The minimum absolute atomic E-state index is 0.0726. The second kappa shape index (κ2) is 5.67. The Bertz CT molecular complexity index is 424. The zero-order valence-electron chi connectivity index (χ0n) is 10.2. The van der Waals surface area contributed by atoms with Gasteiger partial charge in [-0.2, -0.15) is 0 Å². The quantitative estimate of drug-likeness (QED) is 0.859. The first-order chi connectivity index (χ1) is 8.66. The largest absolute Gasteiger partial charge is 0.481 e. The molecular formula is C14H17NO3. The van der Waals surface area contributed by atoms with Crippen molar-refractivity contribution in [3.8, 4) is 0 Å². The Labute approximate surface area is 106 Å². The number of carboxylic acid groups (broad SMARTS) is 1. The smallest absolute Gasteiger partial charge is 0.310 e. The summed E-state index contributed by atoms with van der Waals surface area (Å²) >= 11 is 0. The summed E-state index contributed by atoms with van der Waals surface area (Å²) in [7, 11) is 0. The number of amides is 1. The molecule has 0 radical (unpaired) electrons. The maximum atomic E-state index is 11.7. The number of aryl methyl sites for hydroxylation is 1. The predicted octanol–water partition coefficient (Wildman–Crippen LogP) is 1.55. The topological polar surface area (TPSA) is 57.6 Å². The van der Waals surface area contributed by atoms with E-state index in [1.807, 2.05) is 18.2 Å². The molecule has 96 valence electrons. The third-order valence-corrected chi connectivity index (χ3v) is 3.28. The number of rotatable bonds is 5. The van der Waals surface area contributed by atoms with Gasteiger partial charge in [-0.25, -0.2) is 0 Å². The van der Waals surface area contributed by atoms with E-state index in [4.69, 9.17) is 5.11 Å². The van der Waals surface area contributed by atoms with Crippen LogP contribution in [-0.2, 0) is 16.0 Å². The molecule has 4 heteroatoms. The van der Waals surface area contributed by atoms with Crippen LogP contribution in [0, 0.1) is 5.92 Å². The number of aliphatic carboxylic acids is 1. The first-order valence-corrected chi connectivity index (χ1v) is 6.21. The van der Waals surface area contributed by atoms with Gasteiger partial charge < -0.3 is 10.0 Å². The Hall–Kier alpha value is -1.84. The number of carboxylic acids is 1. The fraction of sp³-hybridized carbons (Fsp3) is 0.429. The Morgan fingerprint density at radius 1 is 1.22 bits per heavy atom. The van der Waals surface area contributed by atoms with E-state index in [-0.39, 0.29) is 11.8 Å². The van der Waals surface area contributed by atoms with E-state index in [1.165, 1.54) is 5.56 Å². The van der Waals surface area contributed by atoms with E-state index in [1.54, 1.807) is 4.90 Å². The van der Waals surface area contributed by atoms with Crippen molar-refractivity contribution in [3.63, 3.8) is 0 Å². The average Bonchev–Trinajstić information content (AvgIpc) is 2.28. The van der Waals surface area contributed by atoms with Crippen LogP contribution in [-0.4, -0.2) is 35.0 Å². The van der Waals surface area contributed by atoms with Crippen molar-refractivity contribution in [2.45, 2.75) is 19.3 Å². The first kappa shape index (κ1) is 12.6. The van der Waals surface area contributed by atoms with Gasteiger partial charge in [-0.15, -0.1) is 0 Å².